The Hall–Kier alpha value is -0.440. The molecule has 19 heavy (non-hydrogen) atoms. The summed E-state index contributed by atoms with van der Waals surface area (Å²) in [5.41, 5.74) is 0. The topological polar surface area (TPSA) is 25.8 Å². The molecule has 0 N–H and O–H groups in total. The van der Waals surface area contributed by atoms with Gasteiger partial charge in [-0.2, -0.15) is 0 Å². The Labute approximate surface area is 122 Å². The van der Waals surface area contributed by atoms with Crippen molar-refractivity contribution in [2.45, 2.75) is 84.0 Å². The van der Waals surface area contributed by atoms with E-state index in [1.165, 1.54) is 74.2 Å². The monoisotopic (exact) mass is 280 g/mol. The highest BCUT2D eigenvalue weighted by Crippen LogP contribution is 2.27. The second kappa shape index (κ2) is 7.98. The molecule has 1 aliphatic rings. The van der Waals surface area contributed by atoms with Gasteiger partial charge >= 0.3 is 0 Å². The average Bonchev–Trinajstić information content (AvgIpc) is 2.86. The molecule has 0 unspecified atom stereocenters. The van der Waals surface area contributed by atoms with Crippen molar-refractivity contribution in [3.8, 4) is 0 Å². The lowest BCUT2D eigenvalue weighted by atomic mass is 9.90. The minimum absolute atomic E-state index is 0.523. The second-order valence-corrected chi connectivity index (χ2v) is 7.40. The van der Waals surface area contributed by atoms with Gasteiger partial charge in [0, 0.05) is 12.3 Å². The van der Waals surface area contributed by atoms with Crippen LogP contribution in [0.5, 0.6) is 0 Å². The Kier molecular flexibility index (Phi) is 6.29. The summed E-state index contributed by atoms with van der Waals surface area (Å²) in [7, 11) is 0. The highest BCUT2D eigenvalue weighted by atomic mass is 32.1. The quantitative estimate of drug-likeness (QED) is 0.746. The molecule has 0 radical (unpaired) electrons. The highest BCUT2D eigenvalue weighted by Gasteiger charge is 2.15. The zero-order chi connectivity index (χ0) is 13.5. The van der Waals surface area contributed by atoms with Gasteiger partial charge in [0.2, 0.25) is 0 Å². The summed E-state index contributed by atoms with van der Waals surface area (Å²) in [5, 5.41) is 11.2. The van der Waals surface area contributed by atoms with E-state index >= 15 is 0 Å². The van der Waals surface area contributed by atoms with Gasteiger partial charge in [-0.3, -0.25) is 0 Å². The minimum Gasteiger partial charge on any atom is -0.144 e. The summed E-state index contributed by atoms with van der Waals surface area (Å²) in [6.07, 6.45) is 14.0. The maximum Gasteiger partial charge on any atom is 0.119 e. The van der Waals surface area contributed by atoms with Crippen LogP contribution in [0.4, 0.5) is 0 Å². The van der Waals surface area contributed by atoms with Crippen LogP contribution in [0, 0.1) is 5.92 Å². The second-order valence-electron chi connectivity index (χ2n) is 6.31. The minimum atomic E-state index is 0.523. The van der Waals surface area contributed by atoms with Crippen molar-refractivity contribution < 1.29 is 0 Å². The molecule has 0 saturated heterocycles. The van der Waals surface area contributed by atoms with Gasteiger partial charge in [-0.05, 0) is 5.92 Å². The van der Waals surface area contributed by atoms with Crippen molar-refractivity contribution in [1.29, 1.82) is 0 Å². The first-order chi connectivity index (χ1) is 9.25. The molecule has 0 amide bonds. The zero-order valence-corrected chi connectivity index (χ0v) is 13.3. The van der Waals surface area contributed by atoms with Gasteiger partial charge in [-0.1, -0.05) is 71.6 Å². The first-order valence-electron chi connectivity index (χ1n) is 8.08. The molecular formula is C16H28N2S. The SMILES string of the molecule is CC(C)c1nnc(CC2CCCCCCCCC2)s1. The molecule has 0 bridgehead atoms. The molecule has 1 saturated carbocycles. The van der Waals surface area contributed by atoms with E-state index in [0.717, 1.165) is 5.92 Å². The third kappa shape index (κ3) is 5.21. The molecule has 1 aliphatic carbocycles. The van der Waals surface area contributed by atoms with Crippen molar-refractivity contribution in [3.05, 3.63) is 10.0 Å². The maximum absolute atomic E-state index is 4.40. The number of rotatable bonds is 3. The Morgan fingerprint density at radius 3 is 2.05 bits per heavy atom. The van der Waals surface area contributed by atoms with Crippen LogP contribution in [0.25, 0.3) is 0 Å². The van der Waals surface area contributed by atoms with Gasteiger partial charge in [0.25, 0.3) is 0 Å². The van der Waals surface area contributed by atoms with Gasteiger partial charge in [0.1, 0.15) is 10.0 Å². The van der Waals surface area contributed by atoms with E-state index in [0.29, 0.717) is 5.92 Å². The number of aromatic nitrogens is 2. The maximum atomic E-state index is 4.40. The van der Waals surface area contributed by atoms with Crippen molar-refractivity contribution in [2.75, 3.05) is 0 Å². The number of hydrogen-bond acceptors (Lipinski definition) is 3. The largest absolute Gasteiger partial charge is 0.144 e. The Balaban J connectivity index is 1.86. The smallest absolute Gasteiger partial charge is 0.119 e. The first-order valence-corrected chi connectivity index (χ1v) is 8.89. The van der Waals surface area contributed by atoms with E-state index in [2.05, 4.69) is 24.0 Å². The van der Waals surface area contributed by atoms with E-state index in [1.807, 2.05) is 11.3 Å². The summed E-state index contributed by atoms with van der Waals surface area (Å²) in [6, 6.07) is 0. The molecule has 108 valence electrons. The molecule has 0 spiro atoms. The summed E-state index contributed by atoms with van der Waals surface area (Å²) >= 11 is 1.83. The summed E-state index contributed by atoms with van der Waals surface area (Å²) in [6.45, 7) is 4.40. The van der Waals surface area contributed by atoms with Gasteiger partial charge < -0.3 is 0 Å². The number of nitrogens with zero attached hydrogens (tertiary/aromatic N) is 2. The summed E-state index contributed by atoms with van der Waals surface area (Å²) in [4.78, 5) is 0. The van der Waals surface area contributed by atoms with Crippen molar-refractivity contribution in [2.24, 2.45) is 5.92 Å². The fourth-order valence-corrected chi connectivity index (χ4v) is 3.89. The fraction of sp³-hybridized carbons (Fsp3) is 0.875. The van der Waals surface area contributed by atoms with Crippen molar-refractivity contribution >= 4 is 11.3 Å². The van der Waals surface area contributed by atoms with Gasteiger partial charge in [0.15, 0.2) is 0 Å². The molecule has 0 aliphatic heterocycles. The molecule has 3 heteroatoms. The lowest BCUT2D eigenvalue weighted by Crippen LogP contribution is -2.06. The predicted octanol–water partition coefficient (Wildman–Crippen LogP) is 5.34. The Bertz CT molecular complexity index is 349. The molecule has 2 nitrogen and oxygen atoms in total. The first kappa shape index (κ1) is 15.0. The van der Waals surface area contributed by atoms with E-state index < -0.39 is 0 Å². The van der Waals surface area contributed by atoms with Gasteiger partial charge in [0.05, 0.1) is 0 Å². The van der Waals surface area contributed by atoms with E-state index in [4.69, 9.17) is 0 Å². The standard InChI is InChI=1S/C16H28N2S/c1-13(2)16-18-17-15(19-16)12-14-10-8-6-4-3-5-7-9-11-14/h13-14H,3-12H2,1-2H3. The third-order valence-corrected chi connectivity index (χ3v) is 5.41. The van der Waals surface area contributed by atoms with Gasteiger partial charge in [-0.15, -0.1) is 21.5 Å². The zero-order valence-electron chi connectivity index (χ0n) is 12.5. The van der Waals surface area contributed by atoms with Crippen LogP contribution in [0.1, 0.15) is 87.6 Å². The lowest BCUT2D eigenvalue weighted by Gasteiger charge is -2.17. The molecule has 1 heterocycles. The van der Waals surface area contributed by atoms with Crippen LogP contribution in [-0.4, -0.2) is 10.2 Å². The molecule has 2 rings (SSSR count). The fourth-order valence-electron chi connectivity index (χ4n) is 2.93. The predicted molar refractivity (Wildman–Crippen MR) is 82.7 cm³/mol. The van der Waals surface area contributed by atoms with Crippen LogP contribution in [0.2, 0.25) is 0 Å². The molecule has 1 aromatic rings. The third-order valence-electron chi connectivity index (χ3n) is 4.16. The molecule has 0 atom stereocenters. The van der Waals surface area contributed by atoms with Crippen LogP contribution in [-0.2, 0) is 6.42 Å². The molecular weight excluding hydrogens is 252 g/mol. The Morgan fingerprint density at radius 1 is 0.947 bits per heavy atom. The Morgan fingerprint density at radius 2 is 1.53 bits per heavy atom. The van der Waals surface area contributed by atoms with Crippen LogP contribution >= 0.6 is 11.3 Å². The van der Waals surface area contributed by atoms with Crippen molar-refractivity contribution in [3.63, 3.8) is 0 Å². The normalized spacial score (nSPS) is 19.7. The van der Waals surface area contributed by atoms with Crippen molar-refractivity contribution in [1.82, 2.24) is 10.2 Å². The molecule has 0 aromatic carbocycles. The van der Waals surface area contributed by atoms with E-state index in [-0.39, 0.29) is 0 Å². The average molecular weight is 280 g/mol. The summed E-state index contributed by atoms with van der Waals surface area (Å²) < 4.78 is 0. The molecule has 1 aromatic heterocycles. The molecule has 1 fully saturated rings. The van der Waals surface area contributed by atoms with Gasteiger partial charge in [-0.25, -0.2) is 0 Å². The van der Waals surface area contributed by atoms with Crippen LogP contribution in [0.15, 0.2) is 0 Å². The number of hydrogen-bond donors (Lipinski definition) is 0. The van der Waals surface area contributed by atoms with Crippen LogP contribution < -0.4 is 0 Å². The van der Waals surface area contributed by atoms with E-state index in [1.54, 1.807) is 0 Å². The highest BCUT2D eigenvalue weighted by molar-refractivity contribution is 7.11. The lowest BCUT2D eigenvalue weighted by molar-refractivity contribution is 0.386. The van der Waals surface area contributed by atoms with Crippen LogP contribution in [0.3, 0.4) is 0 Å². The summed E-state index contributed by atoms with van der Waals surface area (Å²) in [5.74, 6) is 1.38. The van der Waals surface area contributed by atoms with E-state index in [9.17, 15) is 0 Å².